The molecule has 34 heavy (non-hydrogen) atoms. The van der Waals surface area contributed by atoms with Crippen LogP contribution in [0.25, 0.3) is 0 Å². The van der Waals surface area contributed by atoms with E-state index in [1.165, 1.54) is 63.4 Å². The van der Waals surface area contributed by atoms with E-state index in [9.17, 15) is 9.90 Å². The number of imidazole rings is 1. The molecule has 0 saturated heterocycles. The van der Waals surface area contributed by atoms with Gasteiger partial charge >= 0.3 is 0 Å². The molecule has 4 nitrogen and oxygen atoms in total. The lowest BCUT2D eigenvalue weighted by atomic mass is 9.47. The highest BCUT2D eigenvalue weighted by Crippen LogP contribution is 2.66. The SMILES string of the molecule is CC(=C1CC1)C1CCC2[C@H]3CCC4(C)[C@@H](C(=O)Cn5ccnc5)CC[C@H]4[C@@H]3CCC2(C)C[C@H]1O. The van der Waals surface area contributed by atoms with Gasteiger partial charge in [-0.05, 0) is 112 Å². The molecule has 6 rings (SSSR count). The van der Waals surface area contributed by atoms with Crippen LogP contribution in [0, 0.1) is 46.3 Å². The Labute approximate surface area is 205 Å². The molecule has 0 aromatic carbocycles. The zero-order valence-corrected chi connectivity index (χ0v) is 21.5. The standard InChI is InChI=1S/C30H44N2O2/c1-19(20-4-5-20)21-6-7-24-22-11-13-30(3)25(23(22)10-12-29(24,2)16-27(21)33)8-9-26(30)28(34)17-32-15-14-31-18-32/h14-15,18,21-27,33H,4-13,16-17H2,1-3H3/t21?,22-,23+,24?,25-,26+,27+,29?,30?/m0/s1. The van der Waals surface area contributed by atoms with Gasteiger partial charge in [-0.2, -0.15) is 0 Å². The van der Waals surface area contributed by atoms with Gasteiger partial charge in [-0.15, -0.1) is 0 Å². The molecule has 5 aliphatic carbocycles. The Balaban J connectivity index is 1.21. The number of aromatic nitrogens is 2. The maximum atomic E-state index is 13.4. The average molecular weight is 465 g/mol. The average Bonchev–Trinajstić information content (AvgIpc) is 3.44. The lowest BCUT2D eigenvalue weighted by Gasteiger charge is -2.57. The second-order valence-electron chi connectivity index (χ2n) is 13.4. The van der Waals surface area contributed by atoms with Crippen molar-refractivity contribution >= 4 is 5.78 Å². The van der Waals surface area contributed by atoms with Crippen LogP contribution < -0.4 is 0 Å². The predicted octanol–water partition coefficient (Wildman–Crippen LogP) is 6.20. The molecule has 5 fully saturated rings. The summed E-state index contributed by atoms with van der Waals surface area (Å²) in [6.07, 6.45) is 18.7. The summed E-state index contributed by atoms with van der Waals surface area (Å²) in [6.45, 7) is 7.76. The van der Waals surface area contributed by atoms with E-state index < -0.39 is 0 Å². The third-order valence-corrected chi connectivity index (χ3v) is 11.8. The van der Waals surface area contributed by atoms with E-state index in [0.717, 1.165) is 30.6 Å². The molecule has 0 amide bonds. The number of fused-ring (bicyclic) bond motifs is 5. The van der Waals surface area contributed by atoms with Crippen LogP contribution in [0.3, 0.4) is 0 Å². The molecular formula is C30H44N2O2. The third-order valence-electron chi connectivity index (χ3n) is 11.8. The predicted molar refractivity (Wildman–Crippen MR) is 134 cm³/mol. The van der Waals surface area contributed by atoms with Crippen molar-refractivity contribution in [3.8, 4) is 0 Å². The highest BCUT2D eigenvalue weighted by molar-refractivity contribution is 5.82. The molecule has 1 N–H and O–H groups in total. The largest absolute Gasteiger partial charge is 0.392 e. The Bertz CT molecular complexity index is 960. The maximum Gasteiger partial charge on any atom is 0.156 e. The number of aliphatic hydroxyl groups excluding tert-OH is 1. The summed E-state index contributed by atoms with van der Waals surface area (Å²) in [7, 11) is 0. The topological polar surface area (TPSA) is 55.1 Å². The Morgan fingerprint density at radius 1 is 1.06 bits per heavy atom. The molecule has 5 saturated carbocycles. The van der Waals surface area contributed by atoms with Crippen molar-refractivity contribution in [3.05, 3.63) is 29.9 Å². The van der Waals surface area contributed by atoms with Crippen LogP contribution in [0.5, 0.6) is 0 Å². The normalized spacial score (nSPS) is 45.6. The minimum Gasteiger partial charge on any atom is -0.392 e. The Hall–Kier alpha value is -1.42. The summed E-state index contributed by atoms with van der Waals surface area (Å²) < 4.78 is 1.95. The van der Waals surface area contributed by atoms with Crippen molar-refractivity contribution in [2.45, 2.75) is 104 Å². The van der Waals surface area contributed by atoms with E-state index in [2.05, 4.69) is 25.8 Å². The monoisotopic (exact) mass is 464 g/mol. The van der Waals surface area contributed by atoms with Crippen LogP contribution in [0.2, 0.25) is 0 Å². The summed E-state index contributed by atoms with van der Waals surface area (Å²) in [4.78, 5) is 17.5. The number of rotatable bonds is 4. The van der Waals surface area contributed by atoms with Gasteiger partial charge < -0.3 is 9.67 Å². The summed E-state index contributed by atoms with van der Waals surface area (Å²) in [6, 6.07) is 0. The van der Waals surface area contributed by atoms with Gasteiger partial charge in [-0.25, -0.2) is 4.98 Å². The molecule has 4 unspecified atom stereocenters. The van der Waals surface area contributed by atoms with E-state index in [4.69, 9.17) is 0 Å². The number of Topliss-reactive ketones (excluding diaryl/α,β-unsaturated/α-hetero) is 1. The van der Waals surface area contributed by atoms with Crippen LogP contribution >= 0.6 is 0 Å². The zero-order valence-electron chi connectivity index (χ0n) is 21.5. The quantitative estimate of drug-likeness (QED) is 0.540. The molecule has 1 heterocycles. The number of hydrogen-bond acceptors (Lipinski definition) is 3. The molecule has 1 aromatic heterocycles. The van der Waals surface area contributed by atoms with E-state index in [1.807, 2.05) is 10.8 Å². The molecule has 186 valence electrons. The van der Waals surface area contributed by atoms with Crippen molar-refractivity contribution in [2.75, 3.05) is 0 Å². The molecule has 9 atom stereocenters. The minimum atomic E-state index is -0.162. The van der Waals surface area contributed by atoms with Gasteiger partial charge in [0.15, 0.2) is 5.78 Å². The van der Waals surface area contributed by atoms with Crippen molar-refractivity contribution < 1.29 is 9.90 Å². The fourth-order valence-electron chi connectivity index (χ4n) is 9.84. The number of hydrogen-bond donors (Lipinski definition) is 1. The molecule has 1 aromatic rings. The van der Waals surface area contributed by atoms with Crippen LogP contribution in [0.4, 0.5) is 0 Å². The Kier molecular flexibility index (Phi) is 5.63. The number of nitrogens with zero attached hydrogens (tertiary/aromatic N) is 2. The van der Waals surface area contributed by atoms with Gasteiger partial charge in [0.25, 0.3) is 0 Å². The molecule has 4 heteroatoms. The number of allylic oxidation sites excluding steroid dienone is 1. The molecule has 0 radical (unpaired) electrons. The molecule has 5 aliphatic rings. The van der Waals surface area contributed by atoms with Crippen molar-refractivity contribution in [1.82, 2.24) is 9.55 Å². The van der Waals surface area contributed by atoms with Gasteiger partial charge in [0.2, 0.25) is 0 Å². The van der Waals surface area contributed by atoms with Crippen LogP contribution in [0.15, 0.2) is 29.9 Å². The lowest BCUT2D eigenvalue weighted by molar-refractivity contribution is -0.132. The number of aliphatic hydroxyl groups is 1. The highest BCUT2D eigenvalue weighted by atomic mass is 16.3. The first-order valence-corrected chi connectivity index (χ1v) is 14.2. The maximum absolute atomic E-state index is 13.4. The van der Waals surface area contributed by atoms with Crippen LogP contribution in [-0.2, 0) is 11.3 Å². The summed E-state index contributed by atoms with van der Waals surface area (Å²) in [5.41, 5.74) is 3.61. The smallest absolute Gasteiger partial charge is 0.156 e. The Morgan fingerprint density at radius 2 is 1.79 bits per heavy atom. The van der Waals surface area contributed by atoms with Crippen molar-refractivity contribution in [3.63, 3.8) is 0 Å². The third kappa shape index (κ3) is 3.65. The molecule has 0 bridgehead atoms. The number of carbonyl (C=O) groups excluding carboxylic acids is 1. The fraction of sp³-hybridized carbons (Fsp3) is 0.800. The van der Waals surface area contributed by atoms with Crippen molar-refractivity contribution in [2.24, 2.45) is 46.3 Å². The lowest BCUT2D eigenvalue weighted by Crippen LogP contribution is -2.51. The minimum absolute atomic E-state index is 0.162. The number of carbonyl (C=O) groups is 1. The van der Waals surface area contributed by atoms with Crippen LogP contribution in [0.1, 0.15) is 91.4 Å². The second kappa shape index (κ2) is 8.32. The molecule has 0 spiro atoms. The van der Waals surface area contributed by atoms with E-state index in [1.54, 1.807) is 18.1 Å². The summed E-state index contributed by atoms with van der Waals surface area (Å²) in [5, 5.41) is 11.3. The summed E-state index contributed by atoms with van der Waals surface area (Å²) >= 11 is 0. The van der Waals surface area contributed by atoms with Gasteiger partial charge in [0.1, 0.15) is 0 Å². The van der Waals surface area contributed by atoms with E-state index in [-0.39, 0.29) is 22.9 Å². The van der Waals surface area contributed by atoms with E-state index >= 15 is 0 Å². The fourth-order valence-corrected chi connectivity index (χ4v) is 9.84. The first kappa shape index (κ1) is 23.0. The Morgan fingerprint density at radius 3 is 2.53 bits per heavy atom. The van der Waals surface area contributed by atoms with E-state index in [0.29, 0.717) is 24.2 Å². The number of ketones is 1. The van der Waals surface area contributed by atoms with Crippen molar-refractivity contribution in [1.29, 1.82) is 0 Å². The second-order valence-corrected chi connectivity index (χ2v) is 13.4. The highest BCUT2D eigenvalue weighted by Gasteiger charge is 2.60. The molecule has 0 aliphatic heterocycles. The van der Waals surface area contributed by atoms with Gasteiger partial charge in [0, 0.05) is 24.2 Å². The van der Waals surface area contributed by atoms with Crippen LogP contribution in [-0.4, -0.2) is 26.5 Å². The first-order chi connectivity index (χ1) is 16.3. The van der Waals surface area contributed by atoms with Gasteiger partial charge in [0.05, 0.1) is 19.0 Å². The summed E-state index contributed by atoms with van der Waals surface area (Å²) in [5.74, 6) is 4.04. The zero-order chi connectivity index (χ0) is 23.7. The van der Waals surface area contributed by atoms with Gasteiger partial charge in [-0.1, -0.05) is 25.0 Å². The first-order valence-electron chi connectivity index (χ1n) is 14.2. The van der Waals surface area contributed by atoms with Gasteiger partial charge in [-0.3, -0.25) is 4.79 Å². The molecular weight excluding hydrogens is 420 g/mol.